The predicted octanol–water partition coefficient (Wildman–Crippen LogP) is 4.09. The van der Waals surface area contributed by atoms with Crippen molar-refractivity contribution in [2.75, 3.05) is 6.61 Å². The minimum absolute atomic E-state index is 0.205. The molecule has 1 aromatic rings. The second-order valence-electron chi connectivity index (χ2n) is 6.80. The molecule has 5 nitrogen and oxygen atoms in total. The number of ether oxygens (including phenoxy) is 1. The average molecular weight is 489 g/mol. The number of halogens is 2. The second-order valence-corrected chi connectivity index (χ2v) is 8.57. The highest BCUT2D eigenvalue weighted by molar-refractivity contribution is 9.11. The van der Waals surface area contributed by atoms with Crippen LogP contribution in [0.25, 0.3) is 5.57 Å². The monoisotopic (exact) mass is 487 g/mol. The lowest BCUT2D eigenvalue weighted by Gasteiger charge is -2.29. The topological polar surface area (TPSA) is 75.6 Å². The third-order valence-electron chi connectivity index (χ3n) is 4.36. The zero-order chi connectivity index (χ0) is 19.6. The van der Waals surface area contributed by atoms with Crippen molar-refractivity contribution in [3.05, 3.63) is 38.0 Å². The van der Waals surface area contributed by atoms with E-state index in [1.807, 2.05) is 26.0 Å². The van der Waals surface area contributed by atoms with Gasteiger partial charge in [0.1, 0.15) is 11.3 Å². The van der Waals surface area contributed by atoms with Gasteiger partial charge in [0.2, 0.25) is 0 Å². The van der Waals surface area contributed by atoms with Crippen LogP contribution in [0.15, 0.2) is 26.8 Å². The number of esters is 1. The molecule has 1 atom stereocenters. The molecule has 0 spiro atoms. The number of rotatable bonds is 6. The van der Waals surface area contributed by atoms with Crippen molar-refractivity contribution in [1.82, 2.24) is 5.32 Å². The molecule has 0 saturated carbocycles. The molecule has 1 aliphatic heterocycles. The number of aryl methyl sites for hydroxylation is 1. The van der Waals surface area contributed by atoms with Crippen LogP contribution in [0.1, 0.15) is 44.7 Å². The first-order valence-electron chi connectivity index (χ1n) is 8.52. The molecule has 2 rings (SSSR count). The van der Waals surface area contributed by atoms with Crippen molar-refractivity contribution < 1.29 is 19.4 Å². The number of hydrogen-bond acceptors (Lipinski definition) is 4. The Kier molecular flexibility index (Phi) is 6.69. The molecule has 26 heavy (non-hydrogen) atoms. The van der Waals surface area contributed by atoms with E-state index in [1.54, 1.807) is 13.8 Å². The molecule has 2 N–H and O–H groups in total. The van der Waals surface area contributed by atoms with Crippen LogP contribution in [0.4, 0.5) is 0 Å². The van der Waals surface area contributed by atoms with Gasteiger partial charge in [0.25, 0.3) is 5.91 Å². The van der Waals surface area contributed by atoms with Crippen LogP contribution in [0.2, 0.25) is 0 Å². The van der Waals surface area contributed by atoms with Crippen molar-refractivity contribution in [2.45, 2.75) is 46.1 Å². The van der Waals surface area contributed by atoms with E-state index in [1.165, 1.54) is 0 Å². The second kappa shape index (κ2) is 8.23. The third kappa shape index (κ3) is 3.89. The summed E-state index contributed by atoms with van der Waals surface area (Å²) in [5.74, 6) is -0.942. The maximum Gasteiger partial charge on any atom is 0.313 e. The van der Waals surface area contributed by atoms with E-state index < -0.39 is 11.5 Å². The fourth-order valence-corrected chi connectivity index (χ4v) is 4.72. The van der Waals surface area contributed by atoms with Gasteiger partial charge in [0, 0.05) is 14.5 Å². The Labute approximate surface area is 170 Å². The number of amides is 1. The first-order valence-corrected chi connectivity index (χ1v) is 10.1. The summed E-state index contributed by atoms with van der Waals surface area (Å²) in [6.07, 6.45) is 1.17. The van der Waals surface area contributed by atoms with Gasteiger partial charge in [-0.2, -0.15) is 0 Å². The molecule has 1 aliphatic rings. The minimum Gasteiger partial charge on any atom is -0.427 e. The van der Waals surface area contributed by atoms with Gasteiger partial charge in [-0.15, -0.1) is 0 Å². The Bertz CT molecular complexity index is 750. The number of carbonyl (C=O) groups is 2. The summed E-state index contributed by atoms with van der Waals surface area (Å²) >= 11 is 6.94. The molecule has 1 unspecified atom stereocenters. The number of aliphatic hydroxyl groups is 1. The van der Waals surface area contributed by atoms with Crippen LogP contribution in [0.3, 0.4) is 0 Å². The van der Waals surface area contributed by atoms with Crippen molar-refractivity contribution >= 4 is 49.3 Å². The number of carbonyl (C=O) groups excluding carboxylic acids is 2. The van der Waals surface area contributed by atoms with Gasteiger partial charge >= 0.3 is 5.97 Å². The summed E-state index contributed by atoms with van der Waals surface area (Å²) in [5.41, 5.74) is 0.701. The van der Waals surface area contributed by atoms with E-state index in [9.17, 15) is 14.7 Å². The number of hydrogen-bond donors (Lipinski definition) is 2. The molecule has 1 aromatic carbocycles. The van der Waals surface area contributed by atoms with Crippen LogP contribution >= 0.6 is 31.9 Å². The van der Waals surface area contributed by atoms with E-state index in [-0.39, 0.29) is 24.2 Å². The molecular formula is C19H23Br2NO4. The summed E-state index contributed by atoms with van der Waals surface area (Å²) in [5, 5.41) is 12.9. The van der Waals surface area contributed by atoms with E-state index >= 15 is 0 Å². The lowest BCUT2D eigenvalue weighted by molar-refractivity contribution is -0.144. The molecule has 1 heterocycles. The van der Waals surface area contributed by atoms with Gasteiger partial charge in [-0.25, -0.2) is 0 Å². The highest BCUT2D eigenvalue weighted by Gasteiger charge is 2.48. The van der Waals surface area contributed by atoms with Crippen LogP contribution in [-0.4, -0.2) is 29.1 Å². The Morgan fingerprint density at radius 3 is 2.50 bits per heavy atom. The molecule has 0 saturated heterocycles. The van der Waals surface area contributed by atoms with Crippen LogP contribution in [0.5, 0.6) is 0 Å². The first kappa shape index (κ1) is 21.1. The molecule has 1 amide bonds. The maximum absolute atomic E-state index is 12.9. The molecule has 0 bridgehead atoms. The van der Waals surface area contributed by atoms with Crippen molar-refractivity contribution in [2.24, 2.45) is 5.92 Å². The van der Waals surface area contributed by atoms with Crippen molar-refractivity contribution in [3.8, 4) is 0 Å². The third-order valence-corrected chi connectivity index (χ3v) is 5.45. The molecule has 142 valence electrons. The molecular weight excluding hydrogens is 466 g/mol. The number of benzene rings is 1. The largest absolute Gasteiger partial charge is 0.427 e. The quantitative estimate of drug-likeness (QED) is 0.591. The normalized spacial score (nSPS) is 19.9. The van der Waals surface area contributed by atoms with E-state index in [4.69, 9.17) is 4.74 Å². The minimum atomic E-state index is -1.09. The van der Waals surface area contributed by atoms with Crippen molar-refractivity contribution in [3.63, 3.8) is 0 Å². The lowest BCUT2D eigenvalue weighted by atomic mass is 9.90. The van der Waals surface area contributed by atoms with Gasteiger partial charge in [-0.1, -0.05) is 59.1 Å². The Balaban J connectivity index is 2.75. The average Bonchev–Trinajstić information content (AvgIpc) is 2.80. The van der Waals surface area contributed by atoms with Gasteiger partial charge in [0.05, 0.1) is 18.1 Å². The number of nitrogens with one attached hydrogen (secondary N) is 1. The fourth-order valence-electron chi connectivity index (χ4n) is 3.09. The van der Waals surface area contributed by atoms with Gasteiger partial charge in [-0.05, 0) is 31.0 Å². The molecule has 7 heteroatoms. The molecule has 0 fully saturated rings. The van der Waals surface area contributed by atoms with Gasteiger partial charge in [0.15, 0.2) is 0 Å². The lowest BCUT2D eigenvalue weighted by Crippen LogP contribution is -2.48. The SMILES string of the molecule is CCCC1(CO)NC(=O)C(c2c(C)cc(Br)cc2Br)=C1OC(=O)C(C)C. The zero-order valence-electron chi connectivity index (χ0n) is 15.3. The molecule has 0 aromatic heterocycles. The summed E-state index contributed by atoms with van der Waals surface area (Å²) in [4.78, 5) is 25.2. The maximum atomic E-state index is 12.9. The van der Waals surface area contributed by atoms with E-state index in [0.717, 1.165) is 10.0 Å². The van der Waals surface area contributed by atoms with E-state index in [0.29, 0.717) is 28.5 Å². The van der Waals surface area contributed by atoms with Crippen LogP contribution < -0.4 is 5.32 Å². The van der Waals surface area contributed by atoms with Gasteiger partial charge in [-0.3, -0.25) is 9.59 Å². The van der Waals surface area contributed by atoms with Crippen LogP contribution in [0, 0.1) is 12.8 Å². The van der Waals surface area contributed by atoms with E-state index in [2.05, 4.69) is 37.2 Å². The summed E-state index contributed by atoms with van der Waals surface area (Å²) < 4.78 is 7.25. The molecule has 0 aliphatic carbocycles. The summed E-state index contributed by atoms with van der Waals surface area (Å²) in [6.45, 7) is 6.95. The Morgan fingerprint density at radius 2 is 2.00 bits per heavy atom. The Morgan fingerprint density at radius 1 is 1.35 bits per heavy atom. The molecule has 0 radical (unpaired) electrons. The first-order chi connectivity index (χ1) is 12.2. The highest BCUT2D eigenvalue weighted by atomic mass is 79.9. The Hall–Kier alpha value is -1.18. The van der Waals surface area contributed by atoms with Gasteiger partial charge < -0.3 is 15.2 Å². The fraction of sp³-hybridized carbons (Fsp3) is 0.474. The number of aliphatic hydroxyl groups excluding tert-OH is 1. The zero-order valence-corrected chi connectivity index (χ0v) is 18.5. The summed E-state index contributed by atoms with van der Waals surface area (Å²) in [6, 6.07) is 3.73. The summed E-state index contributed by atoms with van der Waals surface area (Å²) in [7, 11) is 0. The van der Waals surface area contributed by atoms with Crippen LogP contribution in [-0.2, 0) is 14.3 Å². The standard InChI is InChI=1S/C19H23Br2NO4/c1-5-6-19(9-23)16(26-18(25)10(2)3)15(17(24)22-19)14-11(4)7-12(20)8-13(14)21/h7-8,10,23H,5-6,9H2,1-4H3,(H,22,24). The highest BCUT2D eigenvalue weighted by Crippen LogP contribution is 2.41. The smallest absolute Gasteiger partial charge is 0.313 e. The van der Waals surface area contributed by atoms with Crippen molar-refractivity contribution in [1.29, 1.82) is 0 Å². The predicted molar refractivity (Wildman–Crippen MR) is 107 cm³/mol.